The molecule has 37 heavy (non-hydrogen) atoms. The van der Waals surface area contributed by atoms with Crippen molar-refractivity contribution in [1.29, 1.82) is 0 Å². The Hall–Kier alpha value is -4.46. The Morgan fingerprint density at radius 3 is 2.54 bits per heavy atom. The summed E-state index contributed by atoms with van der Waals surface area (Å²) in [6.45, 7) is 0. The van der Waals surface area contributed by atoms with Crippen LogP contribution in [0.15, 0.2) is 106 Å². The summed E-state index contributed by atoms with van der Waals surface area (Å²) in [5.74, 6) is 0.732. The Kier molecular flexibility index (Phi) is 5.92. The van der Waals surface area contributed by atoms with E-state index >= 15 is 0 Å². The van der Waals surface area contributed by atoms with E-state index < -0.39 is 5.91 Å². The largest absolute Gasteiger partial charge is 0.451 e. The van der Waals surface area contributed by atoms with Gasteiger partial charge < -0.3 is 14.2 Å². The van der Waals surface area contributed by atoms with Gasteiger partial charge in [0.25, 0.3) is 5.91 Å². The molecule has 0 saturated carbocycles. The number of benzene rings is 4. The number of furan rings is 1. The number of thiocarbonyl (C=S) groups is 1. The zero-order chi connectivity index (χ0) is 25.4. The highest BCUT2D eigenvalue weighted by Gasteiger charge is 2.15. The molecule has 0 atom stereocenters. The molecule has 2 aromatic heterocycles. The molecule has 0 aliphatic heterocycles. The van der Waals surface area contributed by atoms with Crippen LogP contribution < -0.4 is 10.6 Å². The number of hydrogen-bond donors (Lipinski definition) is 2. The number of rotatable bonds is 4. The molecule has 6 aromatic rings. The monoisotopic (exact) mass is 523 g/mol. The average Bonchev–Trinajstić information content (AvgIpc) is 3.57. The van der Waals surface area contributed by atoms with E-state index in [2.05, 4.69) is 10.6 Å². The van der Waals surface area contributed by atoms with Gasteiger partial charge in [0, 0.05) is 27.2 Å². The molecule has 8 heteroatoms. The van der Waals surface area contributed by atoms with Crippen molar-refractivity contribution < 1.29 is 13.6 Å². The second-order valence-electron chi connectivity index (χ2n) is 8.31. The first-order valence-corrected chi connectivity index (χ1v) is 12.2. The van der Waals surface area contributed by atoms with Gasteiger partial charge in [0.2, 0.25) is 5.89 Å². The van der Waals surface area contributed by atoms with Crippen molar-refractivity contribution in [2.45, 2.75) is 0 Å². The maximum Gasteiger partial charge on any atom is 0.293 e. The number of carbonyl (C=O) groups excluding carboxylic acids is 1. The van der Waals surface area contributed by atoms with Crippen LogP contribution >= 0.6 is 23.8 Å². The van der Waals surface area contributed by atoms with E-state index in [1.807, 2.05) is 72.8 Å². The van der Waals surface area contributed by atoms with E-state index in [0.29, 0.717) is 27.9 Å². The predicted octanol–water partition coefficient (Wildman–Crippen LogP) is 7.69. The summed E-state index contributed by atoms with van der Waals surface area (Å²) in [6.07, 6.45) is 0. The van der Waals surface area contributed by atoms with Crippen LogP contribution in [-0.2, 0) is 0 Å². The van der Waals surface area contributed by atoms with E-state index in [9.17, 15) is 4.79 Å². The van der Waals surface area contributed by atoms with Crippen LogP contribution in [0, 0.1) is 0 Å². The Morgan fingerprint density at radius 1 is 0.838 bits per heavy atom. The molecule has 0 bridgehead atoms. The maximum absolute atomic E-state index is 12.7. The molecule has 0 saturated heterocycles. The second-order valence-corrected chi connectivity index (χ2v) is 9.16. The fourth-order valence-electron chi connectivity index (χ4n) is 4.07. The summed E-state index contributed by atoms with van der Waals surface area (Å²) < 4.78 is 11.7. The highest BCUT2D eigenvalue weighted by Crippen LogP contribution is 2.30. The molecular formula is C29H18ClN3O3S. The number of aromatic nitrogens is 1. The van der Waals surface area contributed by atoms with Crippen molar-refractivity contribution >= 4 is 62.4 Å². The molecule has 4 aromatic carbocycles. The molecule has 1 amide bonds. The smallest absolute Gasteiger partial charge is 0.293 e. The molecular weight excluding hydrogens is 506 g/mol. The number of nitrogens with one attached hydrogen (secondary N) is 2. The van der Waals surface area contributed by atoms with Gasteiger partial charge in [0.1, 0.15) is 11.3 Å². The van der Waals surface area contributed by atoms with E-state index in [-0.39, 0.29) is 10.9 Å². The zero-order valence-electron chi connectivity index (χ0n) is 19.2. The lowest BCUT2D eigenvalue weighted by Crippen LogP contribution is -2.33. The molecule has 0 fully saturated rings. The van der Waals surface area contributed by atoms with Gasteiger partial charge in [-0.1, -0.05) is 48.0 Å². The van der Waals surface area contributed by atoms with Gasteiger partial charge in [0.15, 0.2) is 16.5 Å². The summed E-state index contributed by atoms with van der Waals surface area (Å²) >= 11 is 11.3. The lowest BCUT2D eigenvalue weighted by atomic mass is 10.1. The minimum Gasteiger partial charge on any atom is -0.451 e. The molecule has 0 aliphatic rings. The van der Waals surface area contributed by atoms with Gasteiger partial charge in [-0.2, -0.15) is 0 Å². The topological polar surface area (TPSA) is 80.3 Å². The number of carbonyl (C=O) groups is 1. The van der Waals surface area contributed by atoms with Gasteiger partial charge in [-0.3, -0.25) is 10.1 Å². The first kappa shape index (κ1) is 23.0. The Balaban J connectivity index is 1.17. The molecule has 2 heterocycles. The molecule has 0 spiro atoms. The summed E-state index contributed by atoms with van der Waals surface area (Å²) in [6, 6.07) is 29.9. The Labute approximate surface area is 221 Å². The number of nitrogens with zero attached hydrogens (tertiary/aromatic N) is 1. The summed E-state index contributed by atoms with van der Waals surface area (Å²) in [4.78, 5) is 17.4. The fourth-order valence-corrected chi connectivity index (χ4v) is 4.41. The molecule has 180 valence electrons. The lowest BCUT2D eigenvalue weighted by molar-refractivity contribution is 0.0951. The molecule has 0 aliphatic carbocycles. The van der Waals surface area contributed by atoms with Crippen molar-refractivity contribution in [2.24, 2.45) is 0 Å². The van der Waals surface area contributed by atoms with E-state index in [1.54, 1.807) is 24.3 Å². The van der Waals surface area contributed by atoms with Crippen LogP contribution in [0.25, 0.3) is 44.7 Å². The molecule has 2 N–H and O–H groups in total. The summed E-state index contributed by atoms with van der Waals surface area (Å²) in [5.41, 5.74) is 3.79. The quantitative estimate of drug-likeness (QED) is 0.230. The Morgan fingerprint density at radius 2 is 1.68 bits per heavy atom. The summed E-state index contributed by atoms with van der Waals surface area (Å²) in [5, 5.41) is 8.57. The molecule has 0 radical (unpaired) electrons. The Bertz CT molecular complexity index is 1790. The van der Waals surface area contributed by atoms with Gasteiger partial charge in [0.05, 0.1) is 0 Å². The number of amides is 1. The SMILES string of the molecule is O=C(NC(=S)Nc1cccc(-c2nc3c(ccc4ccccc43)o2)c1)c1ccc(-c2ccc(Cl)cc2)o1. The van der Waals surface area contributed by atoms with Crippen LogP contribution in [0.4, 0.5) is 5.69 Å². The van der Waals surface area contributed by atoms with Crippen molar-refractivity contribution in [2.75, 3.05) is 5.32 Å². The van der Waals surface area contributed by atoms with E-state index in [0.717, 1.165) is 27.4 Å². The average molecular weight is 524 g/mol. The van der Waals surface area contributed by atoms with Crippen molar-refractivity contribution in [3.63, 3.8) is 0 Å². The van der Waals surface area contributed by atoms with Gasteiger partial charge in [-0.05, 0) is 78.3 Å². The van der Waals surface area contributed by atoms with Gasteiger partial charge in [-0.15, -0.1) is 0 Å². The first-order valence-electron chi connectivity index (χ1n) is 11.4. The second kappa shape index (κ2) is 9.54. The number of hydrogen-bond acceptors (Lipinski definition) is 5. The predicted molar refractivity (Wildman–Crippen MR) is 150 cm³/mol. The van der Waals surface area contributed by atoms with Crippen molar-refractivity contribution in [1.82, 2.24) is 10.3 Å². The lowest BCUT2D eigenvalue weighted by Gasteiger charge is -2.09. The van der Waals surface area contributed by atoms with Crippen LogP contribution in [-0.4, -0.2) is 16.0 Å². The van der Waals surface area contributed by atoms with Crippen LogP contribution in [0.2, 0.25) is 5.02 Å². The number of halogens is 1. The van der Waals surface area contributed by atoms with Crippen LogP contribution in [0.3, 0.4) is 0 Å². The van der Waals surface area contributed by atoms with E-state index in [4.69, 9.17) is 37.6 Å². The highest BCUT2D eigenvalue weighted by molar-refractivity contribution is 7.80. The minimum atomic E-state index is -0.459. The van der Waals surface area contributed by atoms with Crippen molar-refractivity contribution in [3.05, 3.63) is 108 Å². The number of oxazole rings is 1. The summed E-state index contributed by atoms with van der Waals surface area (Å²) in [7, 11) is 0. The molecule has 6 nitrogen and oxygen atoms in total. The third kappa shape index (κ3) is 4.70. The first-order chi connectivity index (χ1) is 18.0. The van der Waals surface area contributed by atoms with Crippen LogP contribution in [0.5, 0.6) is 0 Å². The minimum absolute atomic E-state index is 0.134. The third-order valence-corrected chi connectivity index (χ3v) is 6.29. The third-order valence-electron chi connectivity index (χ3n) is 5.84. The van der Waals surface area contributed by atoms with Crippen molar-refractivity contribution in [3.8, 4) is 22.8 Å². The van der Waals surface area contributed by atoms with Crippen LogP contribution in [0.1, 0.15) is 10.6 Å². The van der Waals surface area contributed by atoms with Gasteiger partial charge in [-0.25, -0.2) is 4.98 Å². The molecule has 0 unspecified atom stereocenters. The standard InChI is InChI=1S/C29H18ClN3O3S/c30-20-11-8-18(9-12-20)23-14-15-25(35-23)27(34)33-29(37)31-21-6-3-5-19(16-21)28-32-26-22-7-2-1-4-17(22)10-13-24(26)36-28/h1-16H,(H2,31,33,34,37). The highest BCUT2D eigenvalue weighted by atomic mass is 35.5. The van der Waals surface area contributed by atoms with E-state index in [1.165, 1.54) is 0 Å². The number of fused-ring (bicyclic) bond motifs is 3. The fraction of sp³-hybridized carbons (Fsp3) is 0. The normalized spacial score (nSPS) is 11.1. The van der Waals surface area contributed by atoms with Gasteiger partial charge >= 0.3 is 0 Å². The maximum atomic E-state index is 12.7. The number of anilines is 1. The zero-order valence-corrected chi connectivity index (χ0v) is 20.8. The molecule has 6 rings (SSSR count).